The third-order valence-electron chi connectivity index (χ3n) is 0.745. The fraction of sp³-hybridized carbons (Fsp3) is 0.250. The van der Waals surface area contributed by atoms with Crippen molar-refractivity contribution in [1.82, 2.24) is 15.2 Å². The Morgan fingerprint density at radius 3 is 3.33 bits per heavy atom. The molecule has 1 rings (SSSR count). The molecule has 0 amide bonds. The summed E-state index contributed by atoms with van der Waals surface area (Å²) in [4.78, 5) is 7.47. The van der Waals surface area contributed by atoms with Gasteiger partial charge in [0.15, 0.2) is 0 Å². The summed E-state index contributed by atoms with van der Waals surface area (Å²) in [7, 11) is 1.67. The fourth-order valence-corrected chi connectivity index (χ4v) is 0.401. The van der Waals surface area contributed by atoms with E-state index in [1.165, 1.54) is 12.7 Å². The Labute approximate surface area is 52.2 Å². The molecule has 0 saturated carbocycles. The summed E-state index contributed by atoms with van der Waals surface area (Å²) in [6.07, 6.45) is 2.95. The molecule has 0 aliphatic carbocycles. The van der Waals surface area contributed by atoms with Crippen molar-refractivity contribution in [2.75, 3.05) is 12.4 Å². The first-order valence-electron chi connectivity index (χ1n) is 2.46. The molecule has 1 aromatic heterocycles. The molecule has 0 unspecified atom stereocenters. The molecule has 0 radical (unpaired) electrons. The van der Waals surface area contributed by atoms with Crippen LogP contribution in [0.1, 0.15) is 0 Å². The monoisotopic (exact) mass is 125 g/mol. The molecule has 5 nitrogen and oxygen atoms in total. The molecule has 0 aliphatic rings. The molecule has 1 aromatic rings. The average Bonchev–Trinajstić information content (AvgIpc) is 2.34. The van der Waals surface area contributed by atoms with E-state index in [1.807, 2.05) is 0 Å². The summed E-state index contributed by atoms with van der Waals surface area (Å²) >= 11 is 0. The van der Waals surface area contributed by atoms with Crippen molar-refractivity contribution < 1.29 is 0 Å². The summed E-state index contributed by atoms with van der Waals surface area (Å²) < 4.78 is 0. The van der Waals surface area contributed by atoms with Crippen LogP contribution in [0.15, 0.2) is 11.3 Å². The van der Waals surface area contributed by atoms with Crippen LogP contribution in [-0.2, 0) is 0 Å². The van der Waals surface area contributed by atoms with Crippen molar-refractivity contribution in [2.24, 2.45) is 4.99 Å². The number of nitrogens with zero attached hydrogens (tertiary/aromatic N) is 3. The molecular weight excluding hydrogens is 118 g/mol. The smallest absolute Gasteiger partial charge is 0.223 e. The van der Waals surface area contributed by atoms with E-state index >= 15 is 0 Å². The van der Waals surface area contributed by atoms with Gasteiger partial charge in [0, 0.05) is 7.05 Å². The lowest BCUT2D eigenvalue weighted by molar-refractivity contribution is 1.10. The van der Waals surface area contributed by atoms with Crippen LogP contribution in [0.4, 0.5) is 5.95 Å². The molecule has 0 saturated heterocycles. The number of aromatic amines is 1. The number of hydrogen-bond acceptors (Lipinski definition) is 3. The second kappa shape index (κ2) is 2.81. The van der Waals surface area contributed by atoms with E-state index in [1.54, 1.807) is 7.05 Å². The first-order chi connectivity index (χ1) is 4.43. The predicted molar refractivity (Wildman–Crippen MR) is 34.4 cm³/mol. The Morgan fingerprint density at radius 2 is 2.78 bits per heavy atom. The van der Waals surface area contributed by atoms with Crippen LogP contribution in [0.3, 0.4) is 0 Å². The quantitative estimate of drug-likeness (QED) is 0.427. The van der Waals surface area contributed by atoms with Crippen LogP contribution in [0.2, 0.25) is 0 Å². The Balaban J connectivity index is 2.48. The molecule has 5 heteroatoms. The van der Waals surface area contributed by atoms with Gasteiger partial charge in [-0.15, -0.1) is 0 Å². The van der Waals surface area contributed by atoms with Gasteiger partial charge in [-0.2, -0.15) is 10.1 Å². The van der Waals surface area contributed by atoms with Crippen LogP contribution in [0, 0.1) is 0 Å². The van der Waals surface area contributed by atoms with Crippen molar-refractivity contribution in [3.63, 3.8) is 0 Å². The molecule has 48 valence electrons. The SMILES string of the molecule is CN=CNc1ncn[nH]1. The van der Waals surface area contributed by atoms with E-state index < -0.39 is 0 Å². The van der Waals surface area contributed by atoms with Gasteiger partial charge in [0.25, 0.3) is 0 Å². The Kier molecular flexibility index (Phi) is 1.79. The van der Waals surface area contributed by atoms with Gasteiger partial charge < -0.3 is 5.32 Å². The summed E-state index contributed by atoms with van der Waals surface area (Å²) in [5, 5.41) is 8.98. The zero-order chi connectivity index (χ0) is 6.53. The molecule has 9 heavy (non-hydrogen) atoms. The number of nitrogens with one attached hydrogen (secondary N) is 2. The topological polar surface area (TPSA) is 66.0 Å². The van der Waals surface area contributed by atoms with Crippen LogP contribution < -0.4 is 5.32 Å². The molecule has 0 fully saturated rings. The highest BCUT2D eigenvalue weighted by Gasteiger charge is 1.85. The average molecular weight is 125 g/mol. The lowest BCUT2D eigenvalue weighted by Crippen LogP contribution is -1.95. The van der Waals surface area contributed by atoms with Gasteiger partial charge in [0.05, 0.1) is 6.34 Å². The summed E-state index contributed by atoms with van der Waals surface area (Å²) in [6.45, 7) is 0. The van der Waals surface area contributed by atoms with Crippen LogP contribution in [0.5, 0.6) is 0 Å². The van der Waals surface area contributed by atoms with Crippen molar-refractivity contribution in [3.8, 4) is 0 Å². The van der Waals surface area contributed by atoms with E-state index in [0.717, 1.165) is 0 Å². The van der Waals surface area contributed by atoms with Gasteiger partial charge in [0.2, 0.25) is 5.95 Å². The highest BCUT2D eigenvalue weighted by atomic mass is 15.3. The van der Waals surface area contributed by atoms with Gasteiger partial charge >= 0.3 is 0 Å². The molecular formula is C4H7N5. The van der Waals surface area contributed by atoms with Crippen molar-refractivity contribution in [1.29, 1.82) is 0 Å². The minimum absolute atomic E-state index is 0.598. The number of rotatable bonds is 2. The highest BCUT2D eigenvalue weighted by molar-refractivity contribution is 5.71. The maximum Gasteiger partial charge on any atom is 0.223 e. The minimum atomic E-state index is 0.598. The summed E-state index contributed by atoms with van der Waals surface area (Å²) in [5.41, 5.74) is 0. The highest BCUT2D eigenvalue weighted by Crippen LogP contribution is 1.86. The Bertz CT molecular complexity index is 177. The van der Waals surface area contributed by atoms with E-state index in [0.29, 0.717) is 5.95 Å². The molecule has 0 aliphatic heterocycles. The fourth-order valence-electron chi connectivity index (χ4n) is 0.401. The molecule has 0 atom stereocenters. The second-order valence-electron chi connectivity index (χ2n) is 1.37. The second-order valence-corrected chi connectivity index (χ2v) is 1.37. The third kappa shape index (κ3) is 1.52. The maximum atomic E-state index is 3.78. The molecule has 2 N–H and O–H groups in total. The first kappa shape index (κ1) is 5.74. The standard InChI is InChI=1S/C4H7N5/c1-5-2-6-4-7-3-8-9-4/h2-3H,1H3,(H2,5,6,7,8,9). The number of anilines is 1. The maximum absolute atomic E-state index is 3.78. The Morgan fingerprint density at radius 1 is 1.89 bits per heavy atom. The van der Waals surface area contributed by atoms with Crippen LogP contribution in [0.25, 0.3) is 0 Å². The predicted octanol–water partition coefficient (Wildman–Crippen LogP) is -0.125. The van der Waals surface area contributed by atoms with Crippen LogP contribution >= 0.6 is 0 Å². The van der Waals surface area contributed by atoms with E-state index in [4.69, 9.17) is 0 Å². The zero-order valence-corrected chi connectivity index (χ0v) is 5.00. The summed E-state index contributed by atoms with van der Waals surface area (Å²) in [6, 6.07) is 0. The lowest BCUT2D eigenvalue weighted by Gasteiger charge is -1.87. The zero-order valence-electron chi connectivity index (χ0n) is 5.00. The largest absolute Gasteiger partial charge is 0.316 e. The van der Waals surface area contributed by atoms with Crippen LogP contribution in [-0.4, -0.2) is 28.6 Å². The molecule has 0 bridgehead atoms. The number of aromatic nitrogens is 3. The number of hydrogen-bond donors (Lipinski definition) is 2. The first-order valence-corrected chi connectivity index (χ1v) is 2.46. The van der Waals surface area contributed by atoms with Crippen molar-refractivity contribution >= 4 is 12.3 Å². The van der Waals surface area contributed by atoms with Gasteiger partial charge in [-0.1, -0.05) is 0 Å². The lowest BCUT2D eigenvalue weighted by atomic mass is 11.0. The van der Waals surface area contributed by atoms with Gasteiger partial charge in [-0.05, 0) is 0 Å². The minimum Gasteiger partial charge on any atom is -0.316 e. The van der Waals surface area contributed by atoms with Crippen molar-refractivity contribution in [3.05, 3.63) is 6.33 Å². The Hall–Kier alpha value is -1.39. The number of H-pyrrole nitrogens is 1. The van der Waals surface area contributed by atoms with E-state index in [2.05, 4.69) is 25.5 Å². The van der Waals surface area contributed by atoms with Gasteiger partial charge in [-0.3, -0.25) is 4.99 Å². The normalized spacial score (nSPS) is 10.3. The third-order valence-corrected chi connectivity index (χ3v) is 0.745. The van der Waals surface area contributed by atoms with E-state index in [-0.39, 0.29) is 0 Å². The molecule has 0 spiro atoms. The number of aliphatic imine (C=N–C) groups is 1. The van der Waals surface area contributed by atoms with Gasteiger partial charge in [0.1, 0.15) is 6.33 Å². The van der Waals surface area contributed by atoms with Gasteiger partial charge in [-0.25, -0.2) is 5.10 Å². The summed E-state index contributed by atoms with van der Waals surface area (Å²) in [5.74, 6) is 0.598. The molecule has 1 heterocycles. The molecule has 0 aromatic carbocycles. The van der Waals surface area contributed by atoms with E-state index in [9.17, 15) is 0 Å². The van der Waals surface area contributed by atoms with Crippen molar-refractivity contribution in [2.45, 2.75) is 0 Å².